The zero-order chi connectivity index (χ0) is 9.30. The maximum Gasteiger partial charge on any atom is 0.320 e. The second-order valence-electron chi connectivity index (χ2n) is 3.65. The van der Waals surface area contributed by atoms with Crippen molar-refractivity contribution in [2.45, 2.75) is 18.5 Å². The summed E-state index contributed by atoms with van der Waals surface area (Å²) >= 11 is 0. The van der Waals surface area contributed by atoms with E-state index in [2.05, 4.69) is 4.90 Å². The van der Waals surface area contributed by atoms with Crippen LogP contribution < -0.4 is 0 Å². The van der Waals surface area contributed by atoms with Gasteiger partial charge in [-0.1, -0.05) is 0 Å². The number of rotatable bonds is 2. The third-order valence-corrected chi connectivity index (χ3v) is 2.54. The molecule has 1 fully saturated rings. The first-order valence-corrected chi connectivity index (χ1v) is 4.12. The first-order chi connectivity index (χ1) is 5.52. The molecule has 1 rings (SSSR count). The Hall–Kier alpha value is -0.610. The second kappa shape index (κ2) is 3.41. The van der Waals surface area contributed by atoms with Crippen molar-refractivity contribution >= 4 is 5.97 Å². The summed E-state index contributed by atoms with van der Waals surface area (Å²) in [5.41, 5.74) is 0. The van der Waals surface area contributed by atoms with Gasteiger partial charge in [-0.05, 0) is 27.6 Å². The number of carbonyl (C=O) groups is 1. The van der Waals surface area contributed by atoms with Crippen molar-refractivity contribution in [2.75, 3.05) is 27.7 Å². The molecule has 1 aliphatic rings. The Morgan fingerprint density at radius 3 is 2.42 bits per heavy atom. The van der Waals surface area contributed by atoms with Crippen molar-refractivity contribution in [3.05, 3.63) is 0 Å². The first-order valence-electron chi connectivity index (χ1n) is 4.12. The van der Waals surface area contributed by atoms with Gasteiger partial charge in [0, 0.05) is 12.6 Å². The van der Waals surface area contributed by atoms with Gasteiger partial charge in [-0.25, -0.2) is 0 Å². The minimum atomic E-state index is -0.707. The van der Waals surface area contributed by atoms with E-state index in [4.69, 9.17) is 5.11 Å². The minimum absolute atomic E-state index is 0.294. The number of hydrogen-bond acceptors (Lipinski definition) is 3. The molecule has 0 aromatic heterocycles. The Labute approximate surface area is 72.8 Å². The van der Waals surface area contributed by atoms with E-state index in [9.17, 15) is 4.79 Å². The Morgan fingerprint density at radius 2 is 2.17 bits per heavy atom. The van der Waals surface area contributed by atoms with Crippen molar-refractivity contribution in [1.29, 1.82) is 0 Å². The zero-order valence-corrected chi connectivity index (χ0v) is 7.82. The maximum atomic E-state index is 10.7. The van der Waals surface area contributed by atoms with Crippen molar-refractivity contribution < 1.29 is 9.90 Å². The topological polar surface area (TPSA) is 43.8 Å². The number of likely N-dealkylation sites (tertiary alicyclic amines) is 1. The molecule has 0 amide bonds. The lowest BCUT2D eigenvalue weighted by Gasteiger charge is -2.17. The number of carboxylic acids is 1. The largest absolute Gasteiger partial charge is 0.480 e. The van der Waals surface area contributed by atoms with Crippen LogP contribution in [0.25, 0.3) is 0 Å². The number of nitrogens with zero attached hydrogens (tertiary/aromatic N) is 2. The quantitative estimate of drug-likeness (QED) is 0.621. The predicted molar refractivity (Wildman–Crippen MR) is 46.1 cm³/mol. The van der Waals surface area contributed by atoms with Gasteiger partial charge in [0.05, 0.1) is 0 Å². The van der Waals surface area contributed by atoms with E-state index < -0.39 is 5.97 Å². The van der Waals surface area contributed by atoms with Crippen LogP contribution in [0.4, 0.5) is 0 Å². The highest BCUT2D eigenvalue weighted by atomic mass is 16.4. The van der Waals surface area contributed by atoms with Gasteiger partial charge in [-0.3, -0.25) is 9.69 Å². The summed E-state index contributed by atoms with van der Waals surface area (Å²) in [5, 5.41) is 8.82. The van der Waals surface area contributed by atoms with E-state index in [1.54, 1.807) is 0 Å². The first kappa shape index (κ1) is 9.48. The monoisotopic (exact) mass is 172 g/mol. The molecule has 70 valence electrons. The standard InChI is InChI=1S/C8H16N2O2/c1-9(2)6-4-7(8(11)12)10(3)5-6/h6-7H,4-5H2,1-3H3,(H,11,12). The van der Waals surface area contributed by atoms with E-state index >= 15 is 0 Å². The number of hydrogen-bond donors (Lipinski definition) is 1. The average Bonchev–Trinajstić information content (AvgIpc) is 2.30. The predicted octanol–water partition coefficient (Wildman–Crippen LogP) is -0.295. The van der Waals surface area contributed by atoms with Crippen LogP contribution in [0.3, 0.4) is 0 Å². The molecule has 0 saturated carbocycles. The normalized spacial score (nSPS) is 31.3. The number of likely N-dealkylation sites (N-methyl/N-ethyl adjacent to an activating group) is 2. The lowest BCUT2D eigenvalue weighted by Crippen LogP contribution is -2.32. The molecule has 4 heteroatoms. The Kier molecular flexibility index (Phi) is 2.69. The Balaban J connectivity index is 2.56. The molecule has 0 aliphatic carbocycles. The van der Waals surface area contributed by atoms with Crippen molar-refractivity contribution in [3.8, 4) is 0 Å². The maximum absolute atomic E-state index is 10.7. The summed E-state index contributed by atoms with van der Waals surface area (Å²) in [6.07, 6.45) is 0.735. The Morgan fingerprint density at radius 1 is 1.58 bits per heavy atom. The fourth-order valence-electron chi connectivity index (χ4n) is 1.64. The molecular weight excluding hydrogens is 156 g/mol. The average molecular weight is 172 g/mol. The molecule has 4 nitrogen and oxygen atoms in total. The molecule has 1 aliphatic heterocycles. The molecule has 0 spiro atoms. The summed E-state index contributed by atoms with van der Waals surface area (Å²) in [7, 11) is 5.84. The van der Waals surface area contributed by atoms with Gasteiger partial charge in [-0.15, -0.1) is 0 Å². The number of aliphatic carboxylic acids is 1. The summed E-state index contributed by atoms with van der Waals surface area (Å²) in [6.45, 7) is 0.851. The minimum Gasteiger partial charge on any atom is -0.480 e. The van der Waals surface area contributed by atoms with Gasteiger partial charge >= 0.3 is 5.97 Å². The van der Waals surface area contributed by atoms with E-state index in [1.807, 2.05) is 26.0 Å². The molecule has 0 aromatic rings. The van der Waals surface area contributed by atoms with Gasteiger partial charge in [0.2, 0.25) is 0 Å². The van der Waals surface area contributed by atoms with Gasteiger partial charge in [0.15, 0.2) is 0 Å². The molecule has 0 bridgehead atoms. The van der Waals surface area contributed by atoms with Crippen LogP contribution in [0.1, 0.15) is 6.42 Å². The smallest absolute Gasteiger partial charge is 0.320 e. The molecule has 1 saturated heterocycles. The van der Waals surface area contributed by atoms with Crippen LogP contribution in [0.15, 0.2) is 0 Å². The third-order valence-electron chi connectivity index (χ3n) is 2.54. The SMILES string of the molecule is CN(C)C1CC(C(=O)O)N(C)C1. The molecule has 0 aromatic carbocycles. The van der Waals surface area contributed by atoms with Gasteiger partial charge in [0.1, 0.15) is 6.04 Å². The van der Waals surface area contributed by atoms with Gasteiger partial charge in [-0.2, -0.15) is 0 Å². The molecule has 2 unspecified atom stereocenters. The summed E-state index contributed by atoms with van der Waals surface area (Å²) in [5.74, 6) is -0.707. The highest BCUT2D eigenvalue weighted by Crippen LogP contribution is 2.18. The summed E-state index contributed by atoms with van der Waals surface area (Å²) in [4.78, 5) is 14.7. The van der Waals surface area contributed by atoms with Crippen LogP contribution in [-0.2, 0) is 4.79 Å². The second-order valence-corrected chi connectivity index (χ2v) is 3.65. The van der Waals surface area contributed by atoms with Crippen LogP contribution in [0, 0.1) is 0 Å². The highest BCUT2D eigenvalue weighted by molar-refractivity contribution is 5.73. The molecule has 2 atom stereocenters. The molecule has 12 heavy (non-hydrogen) atoms. The summed E-state index contributed by atoms with van der Waals surface area (Å²) in [6, 6.07) is 0.0912. The molecule has 1 N–H and O–H groups in total. The highest BCUT2D eigenvalue weighted by Gasteiger charge is 2.34. The van der Waals surface area contributed by atoms with Crippen LogP contribution in [-0.4, -0.2) is 60.6 Å². The Bertz CT molecular complexity index is 182. The fourth-order valence-corrected chi connectivity index (χ4v) is 1.64. The molecule has 1 heterocycles. The molecule has 0 radical (unpaired) electrons. The van der Waals surface area contributed by atoms with E-state index in [0.717, 1.165) is 13.0 Å². The summed E-state index contributed by atoms with van der Waals surface area (Å²) < 4.78 is 0. The fraction of sp³-hybridized carbons (Fsp3) is 0.875. The van der Waals surface area contributed by atoms with Crippen LogP contribution in [0.5, 0.6) is 0 Å². The van der Waals surface area contributed by atoms with Gasteiger partial charge in [0.25, 0.3) is 0 Å². The van der Waals surface area contributed by atoms with Crippen molar-refractivity contribution in [1.82, 2.24) is 9.80 Å². The number of carboxylic acid groups (broad SMARTS) is 1. The van der Waals surface area contributed by atoms with Crippen LogP contribution >= 0.6 is 0 Å². The lowest BCUT2D eigenvalue weighted by molar-refractivity contribution is -0.141. The molecular formula is C8H16N2O2. The van der Waals surface area contributed by atoms with Gasteiger partial charge < -0.3 is 10.0 Å². The van der Waals surface area contributed by atoms with Crippen molar-refractivity contribution in [3.63, 3.8) is 0 Å². The van der Waals surface area contributed by atoms with E-state index in [1.165, 1.54) is 0 Å². The lowest BCUT2D eigenvalue weighted by atomic mass is 10.1. The van der Waals surface area contributed by atoms with Crippen LogP contribution in [0.2, 0.25) is 0 Å². The van der Waals surface area contributed by atoms with E-state index in [-0.39, 0.29) is 6.04 Å². The van der Waals surface area contributed by atoms with E-state index in [0.29, 0.717) is 6.04 Å². The van der Waals surface area contributed by atoms with Crippen molar-refractivity contribution in [2.24, 2.45) is 0 Å². The zero-order valence-electron chi connectivity index (χ0n) is 7.82. The third kappa shape index (κ3) is 1.76.